The van der Waals surface area contributed by atoms with Gasteiger partial charge >= 0.3 is 0 Å². The molecule has 4 aromatic carbocycles. The molecule has 8 aliphatic carbocycles. The Morgan fingerprint density at radius 1 is 0.458 bits per heavy atom. The molecule has 6 N–H and O–H groups in total. The monoisotopic (exact) mass is 793 g/mol. The number of carbonyl (C=O) groups excluding carboxylic acids is 3. The number of nitrogens with two attached hydrogens (primary N) is 3. The second-order valence-electron chi connectivity index (χ2n) is 19.6. The van der Waals surface area contributed by atoms with Crippen molar-refractivity contribution in [3.63, 3.8) is 0 Å². The van der Waals surface area contributed by atoms with E-state index in [4.69, 9.17) is 31.4 Å². The summed E-state index contributed by atoms with van der Waals surface area (Å²) in [7, 11) is 0. The van der Waals surface area contributed by atoms with E-state index in [2.05, 4.69) is 6.07 Å². The van der Waals surface area contributed by atoms with Crippen LogP contribution in [0.25, 0.3) is 0 Å². The Labute approximate surface area is 346 Å². The molecule has 0 saturated heterocycles. The van der Waals surface area contributed by atoms with Crippen LogP contribution in [-0.4, -0.2) is 17.3 Å². The zero-order chi connectivity index (χ0) is 41.0. The molecule has 9 nitrogen and oxygen atoms in total. The molecule has 8 bridgehead atoms. The van der Waals surface area contributed by atoms with E-state index in [0.29, 0.717) is 98.0 Å². The number of nitrogen functional groups attached to an aromatic ring is 3. The topological polar surface area (TPSA) is 157 Å². The molecule has 0 amide bonds. The molecule has 8 saturated carbocycles. The number of benzene rings is 4. The molecular weight excluding hydrogens is 739 g/mol. The van der Waals surface area contributed by atoms with Crippen LogP contribution in [0, 0.1) is 35.5 Å². The first kappa shape index (κ1) is 37.9. The highest BCUT2D eigenvalue weighted by Crippen LogP contribution is 2.69. The largest absolute Gasteiger partial charge is 0.454 e. The molecule has 0 unspecified atom stereocenters. The van der Waals surface area contributed by atoms with Crippen LogP contribution in [0.5, 0.6) is 34.5 Å². The van der Waals surface area contributed by atoms with Crippen LogP contribution in [0.4, 0.5) is 17.1 Å². The molecule has 0 aromatic heterocycles. The van der Waals surface area contributed by atoms with Crippen LogP contribution in [-0.2, 0) is 10.8 Å². The van der Waals surface area contributed by atoms with E-state index in [-0.39, 0.29) is 28.2 Å². The standard InChI is InChI=1S/C50H55N3O6/c1-26(54)35-4-7-42(39(51)16-35)57-45-19-38(49-20-29-10-30(21-49)12-31(11-29)22-49)47(58-43-8-5-36(27(2)55)17-40(43)52)46(50-23-32-13-33(24-50)15-34(14-32)25-50)48(45)59-44-9-6-37(28(3)56)18-41(44)53/h4-9,16-19,29-34H,10-15,20-25,51-53H2,1-3H3. The van der Waals surface area contributed by atoms with Gasteiger partial charge in [0.1, 0.15) is 11.5 Å². The predicted molar refractivity (Wildman–Crippen MR) is 229 cm³/mol. The minimum Gasteiger partial charge on any atom is -0.454 e. The van der Waals surface area contributed by atoms with Crippen molar-refractivity contribution in [2.24, 2.45) is 35.5 Å². The summed E-state index contributed by atoms with van der Waals surface area (Å²) in [5.41, 5.74) is 24.5. The first-order valence-corrected chi connectivity index (χ1v) is 21.7. The lowest BCUT2D eigenvalue weighted by molar-refractivity contribution is -0.0107. The Hall–Kier alpha value is -5.31. The van der Waals surface area contributed by atoms with E-state index >= 15 is 0 Å². The molecule has 0 aliphatic heterocycles. The molecule has 0 heterocycles. The first-order chi connectivity index (χ1) is 28.2. The number of rotatable bonds is 11. The van der Waals surface area contributed by atoms with Crippen molar-refractivity contribution in [3.8, 4) is 34.5 Å². The molecule has 9 heteroatoms. The number of ether oxygens (including phenoxy) is 3. The average Bonchev–Trinajstić information content (AvgIpc) is 3.16. The summed E-state index contributed by atoms with van der Waals surface area (Å²) in [6, 6.07) is 17.9. The van der Waals surface area contributed by atoms with Crippen LogP contribution < -0.4 is 31.4 Å². The van der Waals surface area contributed by atoms with Crippen LogP contribution >= 0.6 is 0 Å². The molecule has 0 atom stereocenters. The number of carbonyl (C=O) groups is 3. The molecule has 4 aromatic rings. The van der Waals surface area contributed by atoms with Crippen molar-refractivity contribution >= 4 is 34.4 Å². The van der Waals surface area contributed by atoms with E-state index in [9.17, 15) is 14.4 Å². The zero-order valence-corrected chi connectivity index (χ0v) is 34.4. The quantitative estimate of drug-likeness (QED) is 0.0993. The molecule has 0 radical (unpaired) electrons. The number of hydrogen-bond acceptors (Lipinski definition) is 9. The van der Waals surface area contributed by atoms with Gasteiger partial charge in [0.05, 0.1) is 17.1 Å². The van der Waals surface area contributed by atoms with Gasteiger partial charge in [-0.25, -0.2) is 0 Å². The summed E-state index contributed by atoms with van der Waals surface area (Å²) in [5.74, 6) is 6.62. The third-order valence-electron chi connectivity index (χ3n) is 15.3. The molecule has 59 heavy (non-hydrogen) atoms. The second kappa shape index (κ2) is 13.9. The van der Waals surface area contributed by atoms with E-state index < -0.39 is 0 Å². The number of hydrogen-bond donors (Lipinski definition) is 3. The van der Waals surface area contributed by atoms with Gasteiger partial charge in [-0.2, -0.15) is 0 Å². The Balaban J connectivity index is 1.26. The minimum atomic E-state index is -0.290. The van der Waals surface area contributed by atoms with Crippen molar-refractivity contribution in [2.75, 3.05) is 17.2 Å². The molecule has 8 fully saturated rings. The highest BCUT2D eigenvalue weighted by atomic mass is 16.5. The lowest BCUT2D eigenvalue weighted by Crippen LogP contribution is -2.50. The van der Waals surface area contributed by atoms with Gasteiger partial charge < -0.3 is 31.4 Å². The molecule has 8 aliphatic rings. The summed E-state index contributed by atoms with van der Waals surface area (Å²) >= 11 is 0. The number of Topliss-reactive ketones (excluding diaryl/α,β-unsaturated/α-hetero) is 3. The zero-order valence-electron chi connectivity index (χ0n) is 34.4. The van der Waals surface area contributed by atoms with Crippen molar-refractivity contribution in [2.45, 2.75) is 109 Å². The maximum absolute atomic E-state index is 12.5. The number of ketones is 3. The lowest BCUT2D eigenvalue weighted by Gasteiger charge is -2.59. The summed E-state index contributed by atoms with van der Waals surface area (Å²) < 4.78 is 21.7. The Kier molecular flexibility index (Phi) is 8.93. The van der Waals surface area contributed by atoms with Gasteiger partial charge in [-0.1, -0.05) is 0 Å². The molecule has 0 spiro atoms. The summed E-state index contributed by atoms with van der Waals surface area (Å²) in [6.07, 6.45) is 13.8. The third-order valence-corrected chi connectivity index (χ3v) is 15.3. The maximum Gasteiger partial charge on any atom is 0.177 e. The second-order valence-corrected chi connectivity index (χ2v) is 19.6. The SMILES string of the molecule is CC(=O)c1ccc(Oc2cc(C34CC5CC(CC(C5)C3)C4)c(Oc3ccc(C(C)=O)cc3N)c(C34CC5CC(CC(C5)C3)C4)c2Oc2ccc(C(C)=O)cc2N)c(N)c1. The maximum atomic E-state index is 12.5. The van der Waals surface area contributed by atoms with Crippen LogP contribution in [0.3, 0.4) is 0 Å². The fraction of sp³-hybridized carbons (Fsp3) is 0.460. The van der Waals surface area contributed by atoms with E-state index in [1.54, 1.807) is 55.5 Å². The summed E-state index contributed by atoms with van der Waals surface area (Å²) in [5, 5.41) is 0. The Morgan fingerprint density at radius 3 is 1.15 bits per heavy atom. The van der Waals surface area contributed by atoms with Gasteiger partial charge in [0.25, 0.3) is 0 Å². The van der Waals surface area contributed by atoms with E-state index in [0.717, 1.165) is 55.4 Å². The van der Waals surface area contributed by atoms with E-state index in [1.165, 1.54) is 52.4 Å². The highest BCUT2D eigenvalue weighted by molar-refractivity contribution is 5.96. The Morgan fingerprint density at radius 2 is 0.797 bits per heavy atom. The number of anilines is 3. The fourth-order valence-corrected chi connectivity index (χ4v) is 13.6. The van der Waals surface area contributed by atoms with Gasteiger partial charge in [0, 0.05) is 33.2 Å². The van der Waals surface area contributed by atoms with Crippen molar-refractivity contribution in [1.82, 2.24) is 0 Å². The Bertz CT molecular complexity index is 2360. The van der Waals surface area contributed by atoms with Crippen molar-refractivity contribution < 1.29 is 28.6 Å². The van der Waals surface area contributed by atoms with E-state index in [1.807, 2.05) is 6.07 Å². The van der Waals surface area contributed by atoms with Crippen molar-refractivity contribution in [1.29, 1.82) is 0 Å². The van der Waals surface area contributed by atoms with Gasteiger partial charge in [-0.05, 0) is 199 Å². The highest BCUT2D eigenvalue weighted by Gasteiger charge is 2.57. The van der Waals surface area contributed by atoms with Gasteiger partial charge in [0.2, 0.25) is 0 Å². The molecular formula is C50H55N3O6. The molecule has 306 valence electrons. The van der Waals surface area contributed by atoms with Gasteiger partial charge in [-0.3, -0.25) is 14.4 Å². The lowest BCUT2D eigenvalue weighted by atomic mass is 9.46. The minimum absolute atomic E-state index is 0.0621. The van der Waals surface area contributed by atoms with Crippen molar-refractivity contribution in [3.05, 3.63) is 88.5 Å². The summed E-state index contributed by atoms with van der Waals surface area (Å²) in [4.78, 5) is 37.3. The summed E-state index contributed by atoms with van der Waals surface area (Å²) in [6.45, 7) is 4.59. The smallest absolute Gasteiger partial charge is 0.177 e. The first-order valence-electron chi connectivity index (χ1n) is 21.7. The van der Waals surface area contributed by atoms with Gasteiger partial charge in [-0.15, -0.1) is 0 Å². The van der Waals surface area contributed by atoms with Crippen LogP contribution in [0.2, 0.25) is 0 Å². The predicted octanol–water partition coefficient (Wildman–Crippen LogP) is 11.4. The average molecular weight is 794 g/mol. The van der Waals surface area contributed by atoms with Crippen LogP contribution in [0.1, 0.15) is 140 Å². The fourth-order valence-electron chi connectivity index (χ4n) is 13.6. The normalized spacial score (nSPS) is 29.7. The van der Waals surface area contributed by atoms with Crippen LogP contribution in [0.15, 0.2) is 60.7 Å². The van der Waals surface area contributed by atoms with Gasteiger partial charge in [0.15, 0.2) is 40.3 Å². The molecule has 12 rings (SSSR count). The third kappa shape index (κ3) is 6.56.